The Balaban J connectivity index is 0.00000420. The maximum absolute atomic E-state index is 5.78. The zero-order chi connectivity index (χ0) is 20.4. The molecule has 1 fully saturated rings. The summed E-state index contributed by atoms with van der Waals surface area (Å²) >= 11 is 0. The van der Waals surface area contributed by atoms with Crippen LogP contribution in [0.5, 0.6) is 17.2 Å². The summed E-state index contributed by atoms with van der Waals surface area (Å²) in [4.78, 5) is 4.70. The number of nitrogens with one attached hydrogen (secondary N) is 2. The third kappa shape index (κ3) is 7.07. The Kier molecular flexibility index (Phi) is 11.4. The van der Waals surface area contributed by atoms with E-state index in [0.717, 1.165) is 30.9 Å². The van der Waals surface area contributed by atoms with Crippen molar-refractivity contribution in [2.75, 3.05) is 54.7 Å². The molecule has 166 valence electrons. The molecular weight excluding hydrogens is 489 g/mol. The topological polar surface area (TPSA) is 82.6 Å². The average Bonchev–Trinajstić information content (AvgIpc) is 2.75. The van der Waals surface area contributed by atoms with Gasteiger partial charge in [-0.15, -0.1) is 24.0 Å². The molecule has 1 aromatic rings. The highest BCUT2D eigenvalue weighted by molar-refractivity contribution is 14.0. The van der Waals surface area contributed by atoms with Gasteiger partial charge in [-0.05, 0) is 24.6 Å². The van der Waals surface area contributed by atoms with E-state index < -0.39 is 0 Å². The van der Waals surface area contributed by atoms with Crippen LogP contribution >= 0.6 is 24.0 Å². The lowest BCUT2D eigenvalue weighted by molar-refractivity contribution is -0.0855. The molecule has 2 rings (SSSR count). The second-order valence-corrected chi connectivity index (χ2v) is 6.58. The SMILES string of the molecule is CCNC(=NCc1cc(OC)c(OC)c(OC)c1)NCC1(OC)CCOCC1.I. The van der Waals surface area contributed by atoms with E-state index in [4.69, 9.17) is 28.7 Å². The van der Waals surface area contributed by atoms with Gasteiger partial charge in [-0.1, -0.05) is 0 Å². The van der Waals surface area contributed by atoms with Crippen LogP contribution in [0, 0.1) is 0 Å². The predicted octanol–water partition coefficient (Wildman–Crippen LogP) is 2.58. The number of hydrogen-bond donors (Lipinski definition) is 2. The van der Waals surface area contributed by atoms with Crippen molar-refractivity contribution in [3.05, 3.63) is 17.7 Å². The van der Waals surface area contributed by atoms with Gasteiger partial charge in [0.15, 0.2) is 17.5 Å². The van der Waals surface area contributed by atoms with Gasteiger partial charge in [0, 0.05) is 46.3 Å². The Bertz CT molecular complexity index is 626. The molecule has 0 amide bonds. The van der Waals surface area contributed by atoms with Crippen molar-refractivity contribution >= 4 is 29.9 Å². The molecule has 0 atom stereocenters. The third-order valence-corrected chi connectivity index (χ3v) is 4.90. The van der Waals surface area contributed by atoms with Crippen LogP contribution in [0.2, 0.25) is 0 Å². The van der Waals surface area contributed by atoms with Crippen LogP contribution in [-0.4, -0.2) is 66.3 Å². The summed E-state index contributed by atoms with van der Waals surface area (Å²) in [5.41, 5.74) is 0.736. The van der Waals surface area contributed by atoms with Crippen molar-refractivity contribution in [2.45, 2.75) is 31.9 Å². The minimum absolute atomic E-state index is 0. The van der Waals surface area contributed by atoms with Gasteiger partial charge in [-0.25, -0.2) is 4.99 Å². The van der Waals surface area contributed by atoms with Crippen LogP contribution in [0.4, 0.5) is 0 Å². The maximum Gasteiger partial charge on any atom is 0.203 e. The molecular formula is C20H34IN3O5. The van der Waals surface area contributed by atoms with E-state index in [1.54, 1.807) is 28.4 Å². The average molecular weight is 523 g/mol. The molecule has 1 saturated heterocycles. The normalized spacial score (nSPS) is 15.8. The van der Waals surface area contributed by atoms with E-state index in [9.17, 15) is 0 Å². The van der Waals surface area contributed by atoms with Crippen molar-refractivity contribution in [2.24, 2.45) is 4.99 Å². The second-order valence-electron chi connectivity index (χ2n) is 6.58. The van der Waals surface area contributed by atoms with Crippen LogP contribution in [0.25, 0.3) is 0 Å². The van der Waals surface area contributed by atoms with Crippen molar-refractivity contribution in [3.8, 4) is 17.2 Å². The van der Waals surface area contributed by atoms with E-state index in [1.165, 1.54) is 0 Å². The smallest absolute Gasteiger partial charge is 0.203 e. The molecule has 1 aliphatic heterocycles. The highest BCUT2D eigenvalue weighted by atomic mass is 127. The van der Waals surface area contributed by atoms with Gasteiger partial charge < -0.3 is 34.3 Å². The largest absolute Gasteiger partial charge is 0.493 e. The van der Waals surface area contributed by atoms with Crippen molar-refractivity contribution in [1.82, 2.24) is 10.6 Å². The van der Waals surface area contributed by atoms with Gasteiger partial charge in [-0.3, -0.25) is 0 Å². The lowest BCUT2D eigenvalue weighted by Gasteiger charge is -2.36. The first-order valence-electron chi connectivity index (χ1n) is 9.55. The number of methoxy groups -OCH3 is 4. The Labute approximate surface area is 190 Å². The Morgan fingerprint density at radius 3 is 2.14 bits per heavy atom. The Morgan fingerprint density at radius 2 is 1.66 bits per heavy atom. The van der Waals surface area contributed by atoms with Crippen LogP contribution in [-0.2, 0) is 16.0 Å². The summed E-state index contributed by atoms with van der Waals surface area (Å²) in [6, 6.07) is 3.81. The number of guanidine groups is 1. The van der Waals surface area contributed by atoms with E-state index in [1.807, 2.05) is 19.1 Å². The van der Waals surface area contributed by atoms with Gasteiger partial charge in [0.25, 0.3) is 0 Å². The molecule has 0 saturated carbocycles. The van der Waals surface area contributed by atoms with Crippen molar-refractivity contribution < 1.29 is 23.7 Å². The summed E-state index contributed by atoms with van der Waals surface area (Å²) in [6.45, 7) is 5.38. The zero-order valence-corrected chi connectivity index (χ0v) is 20.3. The highest BCUT2D eigenvalue weighted by Crippen LogP contribution is 2.38. The standard InChI is InChI=1S/C20H33N3O5.HI/c1-6-21-19(23-14-20(27-5)7-9-28-10-8-20)22-13-15-11-16(24-2)18(26-4)17(12-15)25-3;/h11-12H,6-10,13-14H2,1-5H3,(H2,21,22,23);1H. The zero-order valence-electron chi connectivity index (χ0n) is 18.0. The van der Waals surface area contributed by atoms with Gasteiger partial charge >= 0.3 is 0 Å². The number of aliphatic imine (C=N–C) groups is 1. The summed E-state index contributed by atoms with van der Waals surface area (Å²) in [7, 11) is 6.56. The quantitative estimate of drug-likeness (QED) is 0.293. The highest BCUT2D eigenvalue weighted by Gasteiger charge is 2.32. The van der Waals surface area contributed by atoms with Crippen LogP contribution in [0.3, 0.4) is 0 Å². The molecule has 0 aliphatic carbocycles. The molecule has 8 nitrogen and oxygen atoms in total. The van der Waals surface area contributed by atoms with Gasteiger partial charge in [-0.2, -0.15) is 0 Å². The lowest BCUT2D eigenvalue weighted by atomic mass is 9.94. The molecule has 0 bridgehead atoms. The van der Waals surface area contributed by atoms with E-state index in [-0.39, 0.29) is 29.6 Å². The van der Waals surface area contributed by atoms with E-state index in [0.29, 0.717) is 43.6 Å². The molecule has 1 aliphatic rings. The number of hydrogen-bond acceptors (Lipinski definition) is 6. The minimum Gasteiger partial charge on any atom is -0.493 e. The molecule has 0 aromatic heterocycles. The number of rotatable bonds is 9. The van der Waals surface area contributed by atoms with Crippen molar-refractivity contribution in [1.29, 1.82) is 0 Å². The van der Waals surface area contributed by atoms with Crippen LogP contribution in [0.1, 0.15) is 25.3 Å². The lowest BCUT2D eigenvalue weighted by Crippen LogP contribution is -2.50. The van der Waals surface area contributed by atoms with Gasteiger partial charge in [0.2, 0.25) is 5.75 Å². The summed E-state index contributed by atoms with van der Waals surface area (Å²) in [6.07, 6.45) is 1.73. The molecule has 2 N–H and O–H groups in total. The minimum atomic E-state index is -0.221. The molecule has 1 heterocycles. The first-order chi connectivity index (χ1) is 13.6. The van der Waals surface area contributed by atoms with Crippen LogP contribution in [0.15, 0.2) is 17.1 Å². The summed E-state index contributed by atoms with van der Waals surface area (Å²) < 4.78 is 27.4. The molecule has 1 aromatic carbocycles. The van der Waals surface area contributed by atoms with Crippen LogP contribution < -0.4 is 24.8 Å². The molecule has 0 unspecified atom stereocenters. The fraction of sp³-hybridized carbons (Fsp3) is 0.650. The number of ether oxygens (including phenoxy) is 5. The maximum atomic E-state index is 5.78. The predicted molar refractivity (Wildman–Crippen MR) is 124 cm³/mol. The first-order valence-corrected chi connectivity index (χ1v) is 9.55. The van der Waals surface area contributed by atoms with Gasteiger partial charge in [0.1, 0.15) is 0 Å². The fourth-order valence-corrected chi connectivity index (χ4v) is 3.18. The molecule has 9 heteroatoms. The third-order valence-electron chi connectivity index (χ3n) is 4.90. The fourth-order valence-electron chi connectivity index (χ4n) is 3.18. The molecule has 0 radical (unpaired) electrons. The summed E-state index contributed by atoms with van der Waals surface area (Å²) in [5.74, 6) is 2.54. The molecule has 29 heavy (non-hydrogen) atoms. The Hall–Kier alpha value is -1.46. The number of nitrogens with zero attached hydrogens (tertiary/aromatic N) is 1. The number of halogens is 1. The second kappa shape index (κ2) is 13.0. The van der Waals surface area contributed by atoms with Crippen molar-refractivity contribution in [3.63, 3.8) is 0 Å². The summed E-state index contributed by atoms with van der Waals surface area (Å²) in [5, 5.41) is 6.68. The Morgan fingerprint density at radius 1 is 1.03 bits per heavy atom. The van der Waals surface area contributed by atoms with Gasteiger partial charge in [0.05, 0.1) is 33.5 Å². The monoisotopic (exact) mass is 523 g/mol. The van der Waals surface area contributed by atoms with E-state index in [2.05, 4.69) is 10.6 Å². The molecule has 0 spiro atoms. The van der Waals surface area contributed by atoms with E-state index >= 15 is 0 Å². The first kappa shape index (κ1) is 25.6. The number of benzene rings is 1.